The van der Waals surface area contributed by atoms with Gasteiger partial charge in [-0.1, -0.05) is 30.3 Å². The quantitative estimate of drug-likeness (QED) is 0.367. The third-order valence-corrected chi connectivity index (χ3v) is 6.89. The maximum absolute atomic E-state index is 13.1. The number of nitrogens with zero attached hydrogens (tertiary/aromatic N) is 3. The van der Waals surface area contributed by atoms with Crippen molar-refractivity contribution in [3.05, 3.63) is 88.7 Å². The summed E-state index contributed by atoms with van der Waals surface area (Å²) >= 11 is 0. The lowest BCUT2D eigenvalue weighted by atomic mass is 10.1. The number of amides is 1. The van der Waals surface area contributed by atoms with E-state index in [1.165, 1.54) is 11.1 Å². The Kier molecular flexibility index (Phi) is 5.86. The summed E-state index contributed by atoms with van der Waals surface area (Å²) in [5, 5.41) is 0. The Labute approximate surface area is 201 Å². The normalized spacial score (nSPS) is 15.9. The summed E-state index contributed by atoms with van der Waals surface area (Å²) in [4.78, 5) is 20.0. The first kappa shape index (κ1) is 22.2. The molecular weight excluding hydrogens is 422 g/mol. The molecule has 1 amide bonds. The molecule has 5 rings (SSSR count). The molecule has 0 bridgehead atoms. The topological polar surface area (TPSA) is 47.4 Å². The van der Waals surface area contributed by atoms with Gasteiger partial charge >= 0.3 is 0 Å². The van der Waals surface area contributed by atoms with Gasteiger partial charge < -0.3 is 14.2 Å². The summed E-state index contributed by atoms with van der Waals surface area (Å²) in [7, 11) is 0. The van der Waals surface area contributed by atoms with E-state index in [1.807, 2.05) is 29.2 Å². The Morgan fingerprint density at radius 2 is 1.74 bits per heavy atom. The van der Waals surface area contributed by atoms with Crippen LogP contribution in [0.4, 0.5) is 5.69 Å². The van der Waals surface area contributed by atoms with Crippen LogP contribution in [-0.4, -0.2) is 28.6 Å². The second-order valence-corrected chi connectivity index (χ2v) is 9.40. The minimum Gasteiger partial charge on any atom is -0.492 e. The fourth-order valence-corrected chi connectivity index (χ4v) is 4.82. The van der Waals surface area contributed by atoms with E-state index in [0.717, 1.165) is 39.4 Å². The first-order chi connectivity index (χ1) is 16.4. The van der Waals surface area contributed by atoms with E-state index in [2.05, 4.69) is 68.7 Å². The highest BCUT2D eigenvalue weighted by atomic mass is 16.5. The van der Waals surface area contributed by atoms with Crippen LogP contribution in [0.3, 0.4) is 0 Å². The van der Waals surface area contributed by atoms with E-state index >= 15 is 0 Å². The van der Waals surface area contributed by atoms with Gasteiger partial charge in [-0.25, -0.2) is 4.98 Å². The second kappa shape index (κ2) is 8.98. The molecule has 2 heterocycles. The summed E-state index contributed by atoms with van der Waals surface area (Å²) in [6.07, 6.45) is 0.467. The van der Waals surface area contributed by atoms with E-state index in [9.17, 15) is 4.79 Å². The van der Waals surface area contributed by atoms with Crippen LogP contribution >= 0.6 is 0 Å². The molecule has 0 N–H and O–H groups in total. The van der Waals surface area contributed by atoms with Gasteiger partial charge in [0.1, 0.15) is 18.2 Å². The van der Waals surface area contributed by atoms with Crippen molar-refractivity contribution in [1.29, 1.82) is 0 Å². The van der Waals surface area contributed by atoms with Gasteiger partial charge in [0, 0.05) is 24.6 Å². The molecule has 174 valence electrons. The van der Waals surface area contributed by atoms with Crippen LogP contribution in [0.15, 0.2) is 60.7 Å². The summed E-state index contributed by atoms with van der Waals surface area (Å²) in [6, 6.07) is 20.7. The molecule has 1 fully saturated rings. The van der Waals surface area contributed by atoms with Crippen molar-refractivity contribution >= 4 is 22.6 Å². The lowest BCUT2D eigenvalue weighted by Crippen LogP contribution is -2.25. The lowest BCUT2D eigenvalue weighted by molar-refractivity contribution is -0.117. The zero-order chi connectivity index (χ0) is 23.8. The number of benzene rings is 3. The third-order valence-electron chi connectivity index (χ3n) is 6.89. The van der Waals surface area contributed by atoms with Crippen molar-refractivity contribution in [3.63, 3.8) is 0 Å². The predicted molar refractivity (Wildman–Crippen MR) is 137 cm³/mol. The van der Waals surface area contributed by atoms with E-state index < -0.39 is 0 Å². The smallest absolute Gasteiger partial charge is 0.227 e. The number of carbonyl (C=O) groups is 1. The molecule has 1 atom stereocenters. The van der Waals surface area contributed by atoms with Gasteiger partial charge in [-0.05, 0) is 80.3 Å². The number of rotatable bonds is 6. The Hall–Kier alpha value is -3.60. The van der Waals surface area contributed by atoms with Crippen LogP contribution in [0.5, 0.6) is 5.75 Å². The molecule has 5 nitrogen and oxygen atoms in total. The molecule has 0 spiro atoms. The van der Waals surface area contributed by atoms with Crippen molar-refractivity contribution < 1.29 is 9.53 Å². The van der Waals surface area contributed by atoms with Crippen molar-refractivity contribution in [2.45, 2.75) is 46.6 Å². The maximum Gasteiger partial charge on any atom is 0.227 e. The van der Waals surface area contributed by atoms with Crippen LogP contribution in [0.25, 0.3) is 11.0 Å². The van der Waals surface area contributed by atoms with E-state index in [0.29, 0.717) is 26.1 Å². The number of ether oxygens (including phenoxy) is 1. The number of fused-ring (bicyclic) bond motifs is 1. The van der Waals surface area contributed by atoms with Crippen molar-refractivity contribution in [1.82, 2.24) is 9.55 Å². The largest absolute Gasteiger partial charge is 0.492 e. The van der Waals surface area contributed by atoms with Gasteiger partial charge in [0.05, 0.1) is 17.6 Å². The number of hydrogen-bond acceptors (Lipinski definition) is 3. The number of carbonyl (C=O) groups excluding carboxylic acids is 1. The molecule has 1 aromatic heterocycles. The monoisotopic (exact) mass is 453 g/mol. The Bertz CT molecular complexity index is 1370. The van der Waals surface area contributed by atoms with Crippen LogP contribution in [0.1, 0.15) is 40.4 Å². The molecule has 1 aliphatic rings. The van der Waals surface area contributed by atoms with Gasteiger partial charge in [-0.15, -0.1) is 0 Å². The zero-order valence-electron chi connectivity index (χ0n) is 20.3. The number of anilines is 1. The van der Waals surface area contributed by atoms with Crippen molar-refractivity contribution in [3.8, 4) is 5.75 Å². The van der Waals surface area contributed by atoms with Gasteiger partial charge in [0.25, 0.3) is 0 Å². The average Bonchev–Trinajstić information content (AvgIpc) is 3.38. The van der Waals surface area contributed by atoms with Gasteiger partial charge in [0.15, 0.2) is 0 Å². The molecule has 4 aromatic rings. The van der Waals surface area contributed by atoms with E-state index in [-0.39, 0.29) is 11.8 Å². The Morgan fingerprint density at radius 3 is 2.56 bits per heavy atom. The minimum absolute atomic E-state index is 0.0430. The first-order valence-corrected chi connectivity index (χ1v) is 11.9. The molecule has 1 aliphatic heterocycles. The molecular formula is C29H31N3O2. The summed E-state index contributed by atoms with van der Waals surface area (Å²) in [5.41, 5.74) is 7.81. The highest BCUT2D eigenvalue weighted by molar-refractivity contribution is 5.97. The molecule has 3 aromatic carbocycles. The SMILES string of the molecule is Cc1ccc(C)c(N2CC(c3nc4ccccc4n3CCOc3ccc(C)c(C)c3)CC2=O)c1. The second-order valence-electron chi connectivity index (χ2n) is 9.40. The third kappa shape index (κ3) is 4.18. The molecule has 1 saturated heterocycles. The molecule has 5 heteroatoms. The standard InChI is InChI=1S/C29H31N3O2/c1-19-9-10-21(3)27(15-19)32-18-23(17-28(32)33)29-30-25-7-5-6-8-26(25)31(29)13-14-34-24-12-11-20(2)22(4)16-24/h5-12,15-16,23H,13-14,17-18H2,1-4H3. The van der Waals surface area contributed by atoms with E-state index in [1.54, 1.807) is 0 Å². The van der Waals surface area contributed by atoms with Gasteiger partial charge in [-0.2, -0.15) is 0 Å². The fourth-order valence-electron chi connectivity index (χ4n) is 4.82. The van der Waals surface area contributed by atoms with Gasteiger partial charge in [0.2, 0.25) is 5.91 Å². The highest BCUT2D eigenvalue weighted by Gasteiger charge is 2.35. The number of aryl methyl sites for hydroxylation is 4. The fraction of sp³-hybridized carbons (Fsp3) is 0.310. The lowest BCUT2D eigenvalue weighted by Gasteiger charge is -2.20. The number of hydrogen-bond donors (Lipinski definition) is 0. The molecule has 34 heavy (non-hydrogen) atoms. The summed E-state index contributed by atoms with van der Waals surface area (Å²) < 4.78 is 8.33. The van der Waals surface area contributed by atoms with Crippen LogP contribution < -0.4 is 9.64 Å². The summed E-state index contributed by atoms with van der Waals surface area (Å²) in [6.45, 7) is 10.2. The summed E-state index contributed by atoms with van der Waals surface area (Å²) in [5.74, 6) is 2.04. The predicted octanol–water partition coefficient (Wildman–Crippen LogP) is 5.87. The van der Waals surface area contributed by atoms with Crippen LogP contribution in [0, 0.1) is 27.7 Å². The zero-order valence-corrected chi connectivity index (χ0v) is 20.3. The average molecular weight is 454 g/mol. The van der Waals surface area contributed by atoms with Crippen molar-refractivity contribution in [2.75, 3.05) is 18.1 Å². The first-order valence-electron chi connectivity index (χ1n) is 11.9. The molecule has 1 unspecified atom stereocenters. The van der Waals surface area contributed by atoms with E-state index in [4.69, 9.17) is 9.72 Å². The molecule has 0 aliphatic carbocycles. The number of para-hydroxylation sites is 2. The number of aromatic nitrogens is 2. The maximum atomic E-state index is 13.1. The van der Waals surface area contributed by atoms with Crippen LogP contribution in [-0.2, 0) is 11.3 Å². The van der Waals surface area contributed by atoms with Gasteiger partial charge in [-0.3, -0.25) is 4.79 Å². The minimum atomic E-state index is 0.0430. The Balaban J connectivity index is 1.41. The Morgan fingerprint density at radius 1 is 0.941 bits per heavy atom. The van der Waals surface area contributed by atoms with Crippen LogP contribution in [0.2, 0.25) is 0 Å². The molecule has 0 radical (unpaired) electrons. The number of imidazole rings is 1. The van der Waals surface area contributed by atoms with Crippen molar-refractivity contribution in [2.24, 2.45) is 0 Å². The molecule has 0 saturated carbocycles. The highest BCUT2D eigenvalue weighted by Crippen LogP contribution is 2.35.